The van der Waals surface area contributed by atoms with Crippen molar-refractivity contribution in [3.63, 3.8) is 0 Å². The van der Waals surface area contributed by atoms with Gasteiger partial charge in [-0.1, -0.05) is 18.2 Å². The van der Waals surface area contributed by atoms with Crippen LogP contribution in [0.3, 0.4) is 0 Å². The van der Waals surface area contributed by atoms with Gasteiger partial charge in [0.25, 0.3) is 5.82 Å². The molecule has 0 spiro atoms. The summed E-state index contributed by atoms with van der Waals surface area (Å²) in [5.74, 6) is -4.09. The number of fused-ring (bicyclic) bond motifs is 1. The van der Waals surface area contributed by atoms with Crippen molar-refractivity contribution in [2.45, 2.75) is 25.8 Å². The van der Waals surface area contributed by atoms with Crippen molar-refractivity contribution in [1.29, 1.82) is 0 Å². The fourth-order valence-electron chi connectivity index (χ4n) is 3.19. The Bertz CT molecular complexity index is 1300. The van der Waals surface area contributed by atoms with E-state index in [2.05, 4.69) is 15.1 Å². The van der Waals surface area contributed by atoms with E-state index in [-0.39, 0.29) is 16.1 Å². The van der Waals surface area contributed by atoms with E-state index < -0.39 is 36.5 Å². The number of esters is 1. The molecule has 0 saturated carbocycles. The zero-order valence-corrected chi connectivity index (χ0v) is 18.6. The summed E-state index contributed by atoms with van der Waals surface area (Å²) in [4.78, 5) is 19.1. The summed E-state index contributed by atoms with van der Waals surface area (Å²) in [5, 5.41) is 2.99. The second-order valence-corrected chi connectivity index (χ2v) is 8.16. The highest BCUT2D eigenvalue weighted by atomic mass is 127. The van der Waals surface area contributed by atoms with Crippen LogP contribution in [0.15, 0.2) is 41.4 Å². The zero-order valence-electron chi connectivity index (χ0n) is 16.4. The van der Waals surface area contributed by atoms with Gasteiger partial charge in [-0.15, -0.1) is 5.10 Å². The van der Waals surface area contributed by atoms with Crippen LogP contribution in [0.5, 0.6) is 0 Å². The molecule has 2 heterocycles. The monoisotopic (exact) mass is 580 g/mol. The van der Waals surface area contributed by atoms with Crippen molar-refractivity contribution in [1.82, 2.24) is 14.8 Å². The number of hydrogen-bond acceptors (Lipinski definition) is 5. The number of aromatic nitrogens is 3. The molecule has 1 aromatic heterocycles. The van der Waals surface area contributed by atoms with Gasteiger partial charge >= 0.3 is 18.3 Å². The Morgan fingerprint density at radius 2 is 1.82 bits per heavy atom. The number of benzene rings is 2. The minimum atomic E-state index is -5.12. The van der Waals surface area contributed by atoms with E-state index in [1.165, 1.54) is 18.2 Å². The molecule has 0 radical (unpaired) electrons. The molecule has 0 aliphatic carbocycles. The first-order valence-electron chi connectivity index (χ1n) is 9.13. The van der Waals surface area contributed by atoms with Gasteiger partial charge in [-0.25, -0.2) is 14.5 Å². The van der Waals surface area contributed by atoms with E-state index >= 15 is 0 Å². The smallest absolute Gasteiger partial charge is 0.403 e. The van der Waals surface area contributed by atoms with Crippen LogP contribution >= 0.6 is 22.6 Å². The number of carbonyl (C=O) groups is 1. The number of aliphatic imine (C=N–C) groups is 1. The van der Waals surface area contributed by atoms with Crippen LogP contribution in [0.1, 0.15) is 38.7 Å². The highest BCUT2D eigenvalue weighted by molar-refractivity contribution is 14.1. The lowest BCUT2D eigenvalue weighted by molar-refractivity contribution is -0.150. The Morgan fingerprint density at radius 3 is 2.45 bits per heavy atom. The zero-order chi connectivity index (χ0) is 24.1. The van der Waals surface area contributed by atoms with Crippen molar-refractivity contribution < 1.29 is 35.9 Å². The summed E-state index contributed by atoms with van der Waals surface area (Å²) < 4.78 is 84.0. The molecule has 1 aliphatic heterocycles. The molecule has 0 unspecified atom stereocenters. The van der Waals surface area contributed by atoms with Crippen LogP contribution in [-0.2, 0) is 23.6 Å². The Labute approximate surface area is 195 Å². The molecule has 2 aromatic carbocycles. The molecule has 4 rings (SSSR count). The predicted molar refractivity (Wildman–Crippen MR) is 111 cm³/mol. The first kappa shape index (κ1) is 23.2. The topological polar surface area (TPSA) is 69.4 Å². The molecule has 33 heavy (non-hydrogen) atoms. The predicted octanol–water partition coefficient (Wildman–Crippen LogP) is 5.53. The summed E-state index contributed by atoms with van der Waals surface area (Å²) in [6.07, 6.45) is -10.2. The number of nitrogens with zero attached hydrogens (tertiary/aromatic N) is 4. The van der Waals surface area contributed by atoms with Crippen LogP contribution in [0, 0.1) is 10.5 Å². The molecule has 0 atom stereocenters. The van der Waals surface area contributed by atoms with Gasteiger partial charge in [0, 0.05) is 3.57 Å². The van der Waals surface area contributed by atoms with E-state index in [9.17, 15) is 31.1 Å². The molecule has 1 aliphatic rings. The maximum atomic E-state index is 13.2. The Kier molecular flexibility index (Phi) is 5.70. The number of aryl methyl sites for hydroxylation is 1. The summed E-state index contributed by atoms with van der Waals surface area (Å²) >= 11 is 2.00. The van der Waals surface area contributed by atoms with E-state index in [4.69, 9.17) is 4.74 Å². The van der Waals surface area contributed by atoms with Gasteiger partial charge in [-0.3, -0.25) is 0 Å². The maximum Gasteiger partial charge on any atom is 0.453 e. The third-order valence-electron chi connectivity index (χ3n) is 4.63. The van der Waals surface area contributed by atoms with Gasteiger partial charge in [-0.2, -0.15) is 31.3 Å². The van der Waals surface area contributed by atoms with Gasteiger partial charge in [-0.05, 0) is 58.8 Å². The molecule has 172 valence electrons. The number of cyclic esters (lactones) is 1. The SMILES string of the molecule is Cc1cc(Cn2nc(C(F)(F)F)nc2C(F)(F)F)ccc1N=C1OC(=O)c2c(I)cccc21. The number of alkyl halides is 6. The molecule has 13 heteroatoms. The molecular weight excluding hydrogens is 569 g/mol. The summed E-state index contributed by atoms with van der Waals surface area (Å²) in [5.41, 5.74) is 2.02. The number of ether oxygens (including phenoxy) is 1. The van der Waals surface area contributed by atoms with Crippen LogP contribution in [0.25, 0.3) is 0 Å². The first-order valence-corrected chi connectivity index (χ1v) is 10.2. The van der Waals surface area contributed by atoms with Crippen LogP contribution < -0.4 is 0 Å². The Balaban J connectivity index is 1.66. The molecule has 6 nitrogen and oxygen atoms in total. The molecule has 3 aromatic rings. The van der Waals surface area contributed by atoms with Gasteiger partial charge in [0.1, 0.15) is 0 Å². The molecule has 0 amide bonds. The highest BCUT2D eigenvalue weighted by Gasteiger charge is 2.44. The first-order chi connectivity index (χ1) is 15.3. The van der Waals surface area contributed by atoms with E-state index in [1.807, 2.05) is 22.6 Å². The minimum absolute atomic E-state index is 0.0785. The van der Waals surface area contributed by atoms with Crippen LogP contribution in [0.4, 0.5) is 32.0 Å². The van der Waals surface area contributed by atoms with Crippen molar-refractivity contribution in [2.24, 2.45) is 4.99 Å². The number of hydrogen-bond donors (Lipinski definition) is 0. The minimum Gasteiger partial charge on any atom is -0.403 e. The number of halogens is 7. The largest absolute Gasteiger partial charge is 0.453 e. The summed E-state index contributed by atoms with van der Waals surface area (Å²) in [7, 11) is 0. The van der Waals surface area contributed by atoms with Crippen molar-refractivity contribution in [2.75, 3.05) is 0 Å². The van der Waals surface area contributed by atoms with Crippen molar-refractivity contribution >= 4 is 40.1 Å². The maximum absolute atomic E-state index is 13.2. The number of rotatable bonds is 3. The number of carbonyl (C=O) groups excluding carboxylic acids is 1. The normalized spacial score (nSPS) is 15.2. The van der Waals surface area contributed by atoms with Gasteiger partial charge in [0.05, 0.1) is 23.4 Å². The molecule has 0 N–H and O–H groups in total. The lowest BCUT2D eigenvalue weighted by Crippen LogP contribution is -2.16. The quantitative estimate of drug-likeness (QED) is 0.233. The fraction of sp³-hybridized carbons (Fsp3) is 0.200. The highest BCUT2D eigenvalue weighted by Crippen LogP contribution is 2.33. The Morgan fingerprint density at radius 1 is 1.09 bits per heavy atom. The summed E-state index contributed by atoms with van der Waals surface area (Å²) in [6, 6.07) is 9.47. The second kappa shape index (κ2) is 8.11. The van der Waals surface area contributed by atoms with Gasteiger partial charge in [0.2, 0.25) is 11.7 Å². The standard InChI is InChI=1S/C20H11F6IN4O2/c1-9-7-10(8-31-18(20(24,25)26)29-17(30-31)19(21,22)23)5-6-13(9)28-15-11-3-2-4-12(27)14(11)16(32)33-15/h2-7H,8H2,1H3. The van der Waals surface area contributed by atoms with E-state index in [1.54, 1.807) is 25.1 Å². The molecule has 0 bridgehead atoms. The van der Waals surface area contributed by atoms with Crippen LogP contribution in [-0.4, -0.2) is 26.6 Å². The average Bonchev–Trinajstić information content (AvgIpc) is 3.26. The third kappa shape index (κ3) is 4.58. The molecular formula is C20H11F6IN4O2. The van der Waals surface area contributed by atoms with Gasteiger partial charge in [0.15, 0.2) is 0 Å². The van der Waals surface area contributed by atoms with Crippen LogP contribution in [0.2, 0.25) is 0 Å². The Hall–Kier alpha value is -2.97. The molecule has 0 saturated heterocycles. The van der Waals surface area contributed by atoms with Crippen molar-refractivity contribution in [3.05, 3.63) is 73.9 Å². The van der Waals surface area contributed by atoms with Gasteiger partial charge < -0.3 is 4.74 Å². The summed E-state index contributed by atoms with van der Waals surface area (Å²) in [6.45, 7) is 1.02. The lowest BCUT2D eigenvalue weighted by atomic mass is 10.1. The third-order valence-corrected chi connectivity index (χ3v) is 5.53. The second-order valence-electron chi connectivity index (χ2n) is 7.00. The lowest BCUT2D eigenvalue weighted by Gasteiger charge is -2.10. The van der Waals surface area contributed by atoms with E-state index in [0.29, 0.717) is 25.9 Å². The van der Waals surface area contributed by atoms with E-state index in [0.717, 1.165) is 0 Å². The van der Waals surface area contributed by atoms with Crippen molar-refractivity contribution in [3.8, 4) is 0 Å². The fourth-order valence-corrected chi connectivity index (χ4v) is 3.91. The average molecular weight is 580 g/mol. The molecule has 0 fully saturated rings.